The second kappa shape index (κ2) is 7.51. The van der Waals surface area contributed by atoms with Gasteiger partial charge in [0, 0.05) is 17.8 Å². The summed E-state index contributed by atoms with van der Waals surface area (Å²) >= 11 is 11.8. The Morgan fingerprint density at radius 2 is 2.12 bits per heavy atom. The number of carbonyl (C=O) groups is 1. The van der Waals surface area contributed by atoms with Gasteiger partial charge in [0.25, 0.3) is 5.91 Å². The largest absolute Gasteiger partial charge is 0.492 e. The molecular weight excluding hydrogens is 351 g/mol. The number of rotatable bonds is 6. The summed E-state index contributed by atoms with van der Waals surface area (Å²) in [5.41, 5.74) is 1.79. The maximum atomic E-state index is 12.1. The van der Waals surface area contributed by atoms with Gasteiger partial charge < -0.3 is 15.0 Å². The average molecular weight is 365 g/mol. The van der Waals surface area contributed by atoms with Crippen molar-refractivity contribution in [3.05, 3.63) is 52.4 Å². The first-order valence-electron chi connectivity index (χ1n) is 7.28. The number of carbonyl (C=O) groups excluding carboxylic acids is 1. The Morgan fingerprint density at radius 3 is 2.96 bits per heavy atom. The predicted octanol–water partition coefficient (Wildman–Crippen LogP) is 3.46. The number of H-pyrrole nitrogens is 1. The fourth-order valence-electron chi connectivity index (χ4n) is 2.10. The van der Waals surface area contributed by atoms with Crippen molar-refractivity contribution < 1.29 is 9.53 Å². The molecule has 2 aromatic heterocycles. The summed E-state index contributed by atoms with van der Waals surface area (Å²) in [6.07, 6.45) is 3.69. The van der Waals surface area contributed by atoms with Crippen LogP contribution in [0.4, 0.5) is 0 Å². The maximum absolute atomic E-state index is 12.1. The fraction of sp³-hybridized carbons (Fsp3) is 0.188. The first-order valence-corrected chi connectivity index (χ1v) is 8.04. The van der Waals surface area contributed by atoms with Crippen LogP contribution in [0.1, 0.15) is 16.8 Å². The smallest absolute Gasteiger partial charge is 0.252 e. The van der Waals surface area contributed by atoms with Gasteiger partial charge in [-0.3, -0.25) is 4.79 Å². The second-order valence-electron chi connectivity index (χ2n) is 5.03. The van der Waals surface area contributed by atoms with Crippen LogP contribution < -0.4 is 10.1 Å². The predicted molar refractivity (Wildman–Crippen MR) is 92.8 cm³/mol. The highest BCUT2D eigenvalue weighted by Crippen LogP contribution is 2.27. The van der Waals surface area contributed by atoms with Crippen molar-refractivity contribution in [2.75, 3.05) is 13.2 Å². The van der Waals surface area contributed by atoms with Crippen LogP contribution in [0.2, 0.25) is 10.0 Å². The summed E-state index contributed by atoms with van der Waals surface area (Å²) in [7, 11) is 0. The summed E-state index contributed by atoms with van der Waals surface area (Å²) in [5, 5.41) is 3.84. The molecule has 0 unspecified atom stereocenters. The summed E-state index contributed by atoms with van der Waals surface area (Å²) in [5.74, 6) is 0.379. The number of aromatic amines is 1. The van der Waals surface area contributed by atoms with E-state index in [1.807, 2.05) is 0 Å². The van der Waals surface area contributed by atoms with Crippen LogP contribution in [0.25, 0.3) is 11.2 Å². The summed E-state index contributed by atoms with van der Waals surface area (Å²) in [6.45, 7) is 0.907. The lowest BCUT2D eigenvalue weighted by Crippen LogP contribution is -2.25. The number of benzene rings is 1. The Balaban J connectivity index is 1.45. The maximum Gasteiger partial charge on any atom is 0.252 e. The molecule has 1 aromatic carbocycles. The number of nitrogens with one attached hydrogen (secondary N) is 2. The van der Waals surface area contributed by atoms with Crippen LogP contribution in [-0.2, 0) is 0 Å². The van der Waals surface area contributed by atoms with E-state index in [4.69, 9.17) is 27.9 Å². The summed E-state index contributed by atoms with van der Waals surface area (Å²) in [6, 6.07) is 6.77. The third-order valence-corrected chi connectivity index (χ3v) is 3.82. The molecule has 0 fully saturated rings. The molecule has 0 aliphatic heterocycles. The van der Waals surface area contributed by atoms with Gasteiger partial charge in [-0.1, -0.05) is 23.2 Å². The molecule has 2 N–H and O–H groups in total. The molecule has 3 aromatic rings. The Bertz CT molecular complexity index is 866. The standard InChI is InChI=1S/C16H14Cl2N4O2/c17-11-2-3-14(12(18)7-11)24-5-1-4-19-16(23)10-6-13-15(20-8-10)22-9-21-13/h2-3,6-9H,1,4-5H2,(H,19,23)(H,20,21,22). The van der Waals surface area contributed by atoms with E-state index in [9.17, 15) is 4.79 Å². The third kappa shape index (κ3) is 3.96. The lowest BCUT2D eigenvalue weighted by Gasteiger charge is -2.09. The second-order valence-corrected chi connectivity index (χ2v) is 5.87. The van der Waals surface area contributed by atoms with E-state index in [1.54, 1.807) is 30.6 Å². The van der Waals surface area contributed by atoms with E-state index in [0.29, 0.717) is 46.6 Å². The minimum absolute atomic E-state index is 0.191. The topological polar surface area (TPSA) is 79.9 Å². The highest BCUT2D eigenvalue weighted by Gasteiger charge is 2.08. The molecule has 0 atom stereocenters. The van der Waals surface area contributed by atoms with Gasteiger partial charge in [0.05, 0.1) is 29.0 Å². The van der Waals surface area contributed by atoms with Crippen LogP contribution in [-0.4, -0.2) is 34.0 Å². The van der Waals surface area contributed by atoms with Gasteiger partial charge in [-0.15, -0.1) is 0 Å². The van der Waals surface area contributed by atoms with Crippen molar-refractivity contribution in [3.8, 4) is 5.75 Å². The normalized spacial score (nSPS) is 10.8. The van der Waals surface area contributed by atoms with E-state index >= 15 is 0 Å². The molecule has 1 amide bonds. The molecule has 3 rings (SSSR count). The minimum Gasteiger partial charge on any atom is -0.492 e. The zero-order chi connectivity index (χ0) is 16.9. The molecule has 6 nitrogen and oxygen atoms in total. The zero-order valence-electron chi connectivity index (χ0n) is 12.6. The van der Waals surface area contributed by atoms with Crippen LogP contribution in [0, 0.1) is 0 Å². The third-order valence-electron chi connectivity index (χ3n) is 3.29. The number of ether oxygens (including phenoxy) is 1. The monoisotopic (exact) mass is 364 g/mol. The molecule has 0 aliphatic rings. The van der Waals surface area contributed by atoms with Crippen molar-refractivity contribution in [3.63, 3.8) is 0 Å². The van der Waals surface area contributed by atoms with Gasteiger partial charge in [0.1, 0.15) is 5.75 Å². The molecule has 0 bridgehead atoms. The molecule has 0 spiro atoms. The Hall–Kier alpha value is -2.31. The average Bonchev–Trinajstić information content (AvgIpc) is 3.03. The van der Waals surface area contributed by atoms with Gasteiger partial charge in [-0.05, 0) is 30.7 Å². The van der Waals surface area contributed by atoms with E-state index in [2.05, 4.69) is 20.3 Å². The molecule has 0 aliphatic carbocycles. The van der Waals surface area contributed by atoms with E-state index < -0.39 is 0 Å². The molecule has 8 heteroatoms. The molecule has 0 radical (unpaired) electrons. The van der Waals surface area contributed by atoms with Gasteiger partial charge in [0.2, 0.25) is 0 Å². The van der Waals surface area contributed by atoms with Crippen molar-refractivity contribution in [2.45, 2.75) is 6.42 Å². The molecule has 2 heterocycles. The number of halogens is 2. The van der Waals surface area contributed by atoms with E-state index in [0.717, 1.165) is 5.52 Å². The first kappa shape index (κ1) is 16.5. The Kier molecular flexibility index (Phi) is 5.17. The molecule has 0 saturated carbocycles. The van der Waals surface area contributed by atoms with Gasteiger partial charge in [-0.2, -0.15) is 0 Å². The molecular formula is C16H14Cl2N4O2. The number of hydrogen-bond acceptors (Lipinski definition) is 4. The molecule has 24 heavy (non-hydrogen) atoms. The summed E-state index contributed by atoms with van der Waals surface area (Å²) in [4.78, 5) is 23.1. The number of imidazole rings is 1. The molecule has 124 valence electrons. The number of aromatic nitrogens is 3. The van der Waals surface area contributed by atoms with Gasteiger partial charge >= 0.3 is 0 Å². The van der Waals surface area contributed by atoms with Crippen LogP contribution in [0.15, 0.2) is 36.8 Å². The number of amides is 1. The van der Waals surface area contributed by atoms with Gasteiger partial charge in [-0.25, -0.2) is 9.97 Å². The highest BCUT2D eigenvalue weighted by molar-refractivity contribution is 6.35. The lowest BCUT2D eigenvalue weighted by atomic mass is 10.2. The SMILES string of the molecule is O=C(NCCCOc1ccc(Cl)cc1Cl)c1cnc2nc[nH]c2c1. The van der Waals surface area contributed by atoms with E-state index in [-0.39, 0.29) is 5.91 Å². The highest BCUT2D eigenvalue weighted by atomic mass is 35.5. The number of pyridine rings is 1. The van der Waals surface area contributed by atoms with Crippen molar-refractivity contribution >= 4 is 40.3 Å². The van der Waals surface area contributed by atoms with Gasteiger partial charge in [0.15, 0.2) is 5.65 Å². The van der Waals surface area contributed by atoms with Crippen molar-refractivity contribution in [1.29, 1.82) is 0 Å². The van der Waals surface area contributed by atoms with Crippen LogP contribution in [0.3, 0.4) is 0 Å². The van der Waals surface area contributed by atoms with Crippen molar-refractivity contribution in [1.82, 2.24) is 20.3 Å². The quantitative estimate of drug-likeness (QED) is 0.656. The first-order chi connectivity index (χ1) is 11.6. The van der Waals surface area contributed by atoms with Crippen LogP contribution in [0.5, 0.6) is 5.75 Å². The van der Waals surface area contributed by atoms with E-state index in [1.165, 1.54) is 6.20 Å². The number of fused-ring (bicyclic) bond motifs is 1. The van der Waals surface area contributed by atoms with Crippen LogP contribution >= 0.6 is 23.2 Å². The number of nitrogens with zero attached hydrogens (tertiary/aromatic N) is 2. The fourth-order valence-corrected chi connectivity index (χ4v) is 2.57. The minimum atomic E-state index is -0.191. The Morgan fingerprint density at radius 1 is 1.25 bits per heavy atom. The molecule has 0 saturated heterocycles. The summed E-state index contributed by atoms with van der Waals surface area (Å²) < 4.78 is 5.56. The Labute approximate surface area is 148 Å². The lowest BCUT2D eigenvalue weighted by molar-refractivity contribution is 0.0951. The number of hydrogen-bond donors (Lipinski definition) is 2. The zero-order valence-corrected chi connectivity index (χ0v) is 14.1. The van der Waals surface area contributed by atoms with Crippen molar-refractivity contribution in [2.24, 2.45) is 0 Å².